The number of nitrogens with zero attached hydrogens (tertiary/aromatic N) is 2. The molecule has 6 nitrogen and oxygen atoms in total. The maximum Gasteiger partial charge on any atom is 0.540 e. The van der Waals surface area contributed by atoms with Crippen molar-refractivity contribution in [1.29, 1.82) is 5.26 Å². The van der Waals surface area contributed by atoms with Crippen molar-refractivity contribution in [2.24, 2.45) is 5.10 Å². The number of halogens is 4. The highest BCUT2D eigenvalue weighted by molar-refractivity contribution is 6.45. The number of alkyl halides is 4. The van der Waals surface area contributed by atoms with Crippen molar-refractivity contribution in [1.82, 2.24) is 0 Å². The molecule has 0 fully saturated rings. The summed E-state index contributed by atoms with van der Waals surface area (Å²) in [6.07, 6.45) is -8.73. The summed E-state index contributed by atoms with van der Waals surface area (Å²) in [6.45, 7) is 1.09. The van der Waals surface area contributed by atoms with Crippen LogP contribution in [0, 0.1) is 11.3 Å². The molecule has 0 unspecified atom stereocenters. The van der Waals surface area contributed by atoms with E-state index in [1.807, 2.05) is 0 Å². The van der Waals surface area contributed by atoms with Gasteiger partial charge >= 0.3 is 12.4 Å². The fourth-order valence-electron chi connectivity index (χ4n) is 1.57. The summed E-state index contributed by atoms with van der Waals surface area (Å²) in [5.41, 5.74) is 0.692. The zero-order valence-corrected chi connectivity index (χ0v) is 10.9. The Bertz CT molecular complexity index is 697. The van der Waals surface area contributed by atoms with Gasteiger partial charge in [0.05, 0.1) is 11.3 Å². The number of nitriles is 1. The minimum absolute atomic E-state index is 0.0789. The third kappa shape index (κ3) is 3.15. The first-order valence-corrected chi connectivity index (χ1v) is 5.69. The lowest BCUT2D eigenvalue weighted by atomic mass is 10.1. The lowest BCUT2D eigenvalue weighted by molar-refractivity contribution is -0.461. The zero-order valence-electron chi connectivity index (χ0n) is 10.9. The van der Waals surface area contributed by atoms with Gasteiger partial charge in [0.2, 0.25) is 5.71 Å². The molecule has 0 saturated carbocycles. The van der Waals surface area contributed by atoms with Gasteiger partial charge in [-0.3, -0.25) is 10.2 Å². The lowest BCUT2D eigenvalue weighted by Crippen LogP contribution is -2.41. The summed E-state index contributed by atoms with van der Waals surface area (Å²) in [5, 5.41) is 12.0. The van der Waals surface area contributed by atoms with Crippen LogP contribution in [0.4, 0.5) is 23.2 Å². The molecule has 22 heavy (non-hydrogen) atoms. The Labute approximate surface area is 120 Å². The number of hydrogen-bond acceptors (Lipinski definition) is 6. The number of ether oxygens (including phenoxy) is 2. The first-order valence-electron chi connectivity index (χ1n) is 5.69. The second-order valence-electron chi connectivity index (χ2n) is 4.14. The van der Waals surface area contributed by atoms with Crippen LogP contribution in [-0.2, 0) is 15.6 Å². The van der Waals surface area contributed by atoms with Crippen LogP contribution in [0.1, 0.15) is 12.5 Å². The molecule has 0 spiro atoms. The van der Waals surface area contributed by atoms with Crippen molar-refractivity contribution < 1.29 is 31.8 Å². The van der Waals surface area contributed by atoms with Crippen molar-refractivity contribution in [3.05, 3.63) is 23.8 Å². The Balaban J connectivity index is 2.33. The normalized spacial score (nSPS) is 18.6. The van der Waals surface area contributed by atoms with Gasteiger partial charge in [-0.25, -0.2) is 4.74 Å². The van der Waals surface area contributed by atoms with Gasteiger partial charge < -0.3 is 4.74 Å². The topological polar surface area (TPSA) is 83.7 Å². The first kappa shape index (κ1) is 15.7. The van der Waals surface area contributed by atoms with Gasteiger partial charge in [-0.2, -0.15) is 19.1 Å². The molecule has 1 aromatic carbocycles. The number of carbonyl (C=O) groups excluding carboxylic acids is 1. The molecule has 1 heterocycles. The maximum atomic E-state index is 13.5. The predicted octanol–water partition coefficient (Wildman–Crippen LogP) is 2.58. The number of anilines is 1. The van der Waals surface area contributed by atoms with Gasteiger partial charge in [0.25, 0.3) is 0 Å². The summed E-state index contributed by atoms with van der Waals surface area (Å²) in [7, 11) is 0. The van der Waals surface area contributed by atoms with Crippen LogP contribution in [0.15, 0.2) is 23.3 Å². The molecule has 0 saturated heterocycles. The second kappa shape index (κ2) is 5.27. The van der Waals surface area contributed by atoms with E-state index in [4.69, 9.17) is 5.26 Å². The quantitative estimate of drug-likeness (QED) is 0.526. The third-order valence-corrected chi connectivity index (χ3v) is 2.51. The van der Waals surface area contributed by atoms with Crippen LogP contribution >= 0.6 is 0 Å². The average Bonchev–Trinajstić information content (AvgIpc) is 2.37. The Morgan fingerprint density at radius 2 is 2.05 bits per heavy atom. The van der Waals surface area contributed by atoms with Crippen molar-refractivity contribution >= 4 is 17.2 Å². The molecule has 0 radical (unpaired) electrons. The maximum absolute atomic E-state index is 13.5. The van der Waals surface area contributed by atoms with E-state index in [9.17, 15) is 22.4 Å². The molecule has 116 valence electrons. The summed E-state index contributed by atoms with van der Waals surface area (Å²) in [5.74, 6) is -1.40. The minimum Gasteiger partial charge on any atom is -0.409 e. The molecule has 1 aliphatic heterocycles. The molecule has 0 aliphatic carbocycles. The van der Waals surface area contributed by atoms with E-state index < -0.39 is 35.2 Å². The highest BCUT2D eigenvalue weighted by Crippen LogP contribution is 2.46. The summed E-state index contributed by atoms with van der Waals surface area (Å²) >= 11 is 0. The zero-order chi connectivity index (χ0) is 16.5. The molecular weight excluding hydrogens is 310 g/mol. The average molecular weight is 317 g/mol. The molecule has 1 aromatic rings. The van der Waals surface area contributed by atoms with Gasteiger partial charge in [0, 0.05) is 6.92 Å². The van der Waals surface area contributed by atoms with Gasteiger partial charge in [-0.1, -0.05) is 0 Å². The van der Waals surface area contributed by atoms with Crippen LogP contribution in [0.5, 0.6) is 5.75 Å². The second-order valence-corrected chi connectivity index (χ2v) is 4.14. The number of hydrogen-bond donors (Lipinski definition) is 1. The number of carbonyl (C=O) groups is 1. The van der Waals surface area contributed by atoms with E-state index in [1.165, 1.54) is 6.07 Å². The van der Waals surface area contributed by atoms with Crippen LogP contribution in [0.3, 0.4) is 0 Å². The SMILES string of the molecule is CC(=O)/C(C#N)=N/Nc1ccc2c(c1)C(F)(F)OC(F)(F)O2. The molecule has 0 atom stereocenters. The molecule has 0 aromatic heterocycles. The Hall–Kier alpha value is -2.67. The van der Waals surface area contributed by atoms with Gasteiger partial charge in [-0.15, -0.1) is 8.78 Å². The lowest BCUT2D eigenvalue weighted by Gasteiger charge is -2.30. The summed E-state index contributed by atoms with van der Waals surface area (Å²) < 4.78 is 60.0. The van der Waals surface area contributed by atoms with Crippen molar-refractivity contribution in [2.45, 2.75) is 19.3 Å². The number of hydrazone groups is 1. The highest BCUT2D eigenvalue weighted by atomic mass is 19.3. The van der Waals surface area contributed by atoms with Crippen molar-refractivity contribution in [3.63, 3.8) is 0 Å². The molecule has 0 amide bonds. The van der Waals surface area contributed by atoms with Crippen LogP contribution in [-0.4, -0.2) is 17.8 Å². The van der Waals surface area contributed by atoms with Gasteiger partial charge in [0.15, 0.2) is 5.78 Å². The smallest absolute Gasteiger partial charge is 0.409 e. The fraction of sp³-hybridized carbons (Fsp3) is 0.250. The standard InChI is InChI=1S/C12H7F4N3O3/c1-6(20)9(5-17)19-18-7-2-3-10-8(4-7)11(13,14)22-12(15,16)21-10/h2-4,18H,1H3/b19-9+. The number of nitrogens with one attached hydrogen (secondary N) is 1. The van der Waals surface area contributed by atoms with Gasteiger partial charge in [-0.05, 0) is 18.2 Å². The third-order valence-electron chi connectivity index (χ3n) is 2.51. The summed E-state index contributed by atoms with van der Waals surface area (Å²) in [6, 6.07) is 4.22. The molecule has 0 bridgehead atoms. The number of ketones is 1. The monoisotopic (exact) mass is 317 g/mol. The van der Waals surface area contributed by atoms with E-state index in [-0.39, 0.29) is 5.69 Å². The van der Waals surface area contributed by atoms with Crippen molar-refractivity contribution in [2.75, 3.05) is 5.43 Å². The molecule has 2 rings (SSSR count). The van der Waals surface area contributed by atoms with Crippen LogP contribution in [0.25, 0.3) is 0 Å². The molecule has 1 aliphatic rings. The van der Waals surface area contributed by atoms with Crippen LogP contribution in [0.2, 0.25) is 0 Å². The first-order chi connectivity index (χ1) is 10.1. The molecule has 1 N–H and O–H groups in total. The molecular formula is C12H7F4N3O3. The summed E-state index contributed by atoms with van der Waals surface area (Å²) in [4.78, 5) is 11.0. The minimum atomic E-state index is -4.45. The Morgan fingerprint density at radius 1 is 1.36 bits per heavy atom. The number of rotatable bonds is 3. The van der Waals surface area contributed by atoms with E-state index in [1.54, 1.807) is 0 Å². The van der Waals surface area contributed by atoms with E-state index in [2.05, 4.69) is 20.0 Å². The number of benzene rings is 1. The Kier molecular flexibility index (Phi) is 3.76. The van der Waals surface area contributed by atoms with Crippen molar-refractivity contribution in [3.8, 4) is 11.8 Å². The Morgan fingerprint density at radius 3 is 2.64 bits per heavy atom. The molecule has 10 heteroatoms. The van der Waals surface area contributed by atoms with E-state index in [0.29, 0.717) is 0 Å². The van der Waals surface area contributed by atoms with Crippen LogP contribution < -0.4 is 10.2 Å². The van der Waals surface area contributed by atoms with Gasteiger partial charge in [0.1, 0.15) is 11.8 Å². The fourth-order valence-corrected chi connectivity index (χ4v) is 1.57. The van der Waals surface area contributed by atoms with E-state index in [0.717, 1.165) is 25.1 Å². The highest BCUT2D eigenvalue weighted by Gasteiger charge is 2.54. The predicted molar refractivity (Wildman–Crippen MR) is 64.3 cm³/mol. The largest absolute Gasteiger partial charge is 0.540 e. The number of fused-ring (bicyclic) bond motifs is 1. The number of Topliss-reactive ketones (excluding diaryl/α,β-unsaturated/α-hetero) is 1. The van der Waals surface area contributed by atoms with E-state index >= 15 is 0 Å².